The van der Waals surface area contributed by atoms with Gasteiger partial charge in [0.15, 0.2) is 0 Å². The Bertz CT molecular complexity index is 1920. The number of aromatic hydroxyl groups is 1. The van der Waals surface area contributed by atoms with Gasteiger partial charge in [0.1, 0.15) is 17.1 Å². The number of rotatable bonds is 3. The Morgan fingerprint density at radius 2 is 1.51 bits per heavy atom. The third-order valence-corrected chi connectivity index (χ3v) is 6.86. The van der Waals surface area contributed by atoms with Crippen LogP contribution in [0.5, 0.6) is 5.75 Å². The SMILES string of the molecule is Cn1c(-c2cccc3cc[n-]c23)nc2c(-c3cc(-c4ccccc4)c4cccc(O)c4n3)cccc21.[Pt]. The summed E-state index contributed by atoms with van der Waals surface area (Å²) in [6.07, 6.45) is 1.83. The van der Waals surface area contributed by atoms with E-state index in [0.29, 0.717) is 5.52 Å². The van der Waals surface area contributed by atoms with Crippen LogP contribution in [0.2, 0.25) is 0 Å². The average Bonchev–Trinajstić information content (AvgIpc) is 3.53. The Morgan fingerprint density at radius 1 is 0.730 bits per heavy atom. The van der Waals surface area contributed by atoms with E-state index in [1.807, 2.05) is 67.8 Å². The van der Waals surface area contributed by atoms with Gasteiger partial charge in [0.25, 0.3) is 0 Å². The molecule has 0 spiro atoms. The van der Waals surface area contributed by atoms with Crippen molar-refractivity contribution in [3.63, 3.8) is 0 Å². The van der Waals surface area contributed by atoms with E-state index >= 15 is 0 Å². The molecule has 3 heterocycles. The molecule has 4 aromatic carbocycles. The number of nitrogens with zero attached hydrogens (tertiary/aromatic N) is 4. The number of pyridine rings is 1. The predicted octanol–water partition coefficient (Wildman–Crippen LogP) is 6.94. The summed E-state index contributed by atoms with van der Waals surface area (Å²) in [6, 6.07) is 32.2. The molecule has 3 aromatic heterocycles. The molecule has 0 aliphatic heterocycles. The van der Waals surface area contributed by atoms with Crippen molar-refractivity contribution in [1.29, 1.82) is 0 Å². The molecule has 0 bridgehead atoms. The standard InChI is InChI=1S/C31H21N4O.Pt/c1-35-26-14-6-12-22(29(26)34-31(35)23-13-5-10-20-16-17-32-28(20)23)25-18-24(19-8-3-2-4-9-19)21-11-7-15-27(36)30(21)33-25;/h2-18H,1H3,(H-,32,33,34,36);/q-1;. The summed E-state index contributed by atoms with van der Waals surface area (Å²) in [5.74, 6) is 1.02. The van der Waals surface area contributed by atoms with E-state index in [-0.39, 0.29) is 26.8 Å². The second-order valence-corrected chi connectivity index (χ2v) is 8.95. The zero-order valence-electron chi connectivity index (χ0n) is 19.9. The van der Waals surface area contributed by atoms with E-state index in [1.54, 1.807) is 6.07 Å². The van der Waals surface area contributed by atoms with Crippen LogP contribution in [0, 0.1) is 0 Å². The summed E-state index contributed by atoms with van der Waals surface area (Å²) in [5.41, 5.74) is 8.15. The molecule has 0 atom stereocenters. The molecule has 5 nitrogen and oxygen atoms in total. The van der Waals surface area contributed by atoms with Crippen molar-refractivity contribution in [2.45, 2.75) is 0 Å². The second-order valence-electron chi connectivity index (χ2n) is 8.95. The summed E-state index contributed by atoms with van der Waals surface area (Å²) in [6.45, 7) is 0. The number of hydrogen-bond acceptors (Lipinski definition) is 3. The van der Waals surface area contributed by atoms with Crippen LogP contribution in [-0.4, -0.2) is 19.6 Å². The van der Waals surface area contributed by atoms with Gasteiger partial charge in [-0.3, -0.25) is 0 Å². The van der Waals surface area contributed by atoms with Crippen LogP contribution in [0.3, 0.4) is 0 Å². The van der Waals surface area contributed by atoms with Gasteiger partial charge in [-0.2, -0.15) is 6.20 Å². The van der Waals surface area contributed by atoms with Gasteiger partial charge in [-0.05, 0) is 34.7 Å². The molecule has 0 aliphatic carbocycles. The van der Waals surface area contributed by atoms with Crippen LogP contribution < -0.4 is 4.98 Å². The summed E-state index contributed by atoms with van der Waals surface area (Å²) in [7, 11) is 2.03. The van der Waals surface area contributed by atoms with E-state index in [2.05, 4.69) is 45.9 Å². The summed E-state index contributed by atoms with van der Waals surface area (Å²) in [5, 5.41) is 12.7. The number of fused-ring (bicyclic) bond motifs is 3. The van der Waals surface area contributed by atoms with Gasteiger partial charge in [0.05, 0.1) is 16.7 Å². The first-order valence-electron chi connectivity index (χ1n) is 11.8. The van der Waals surface area contributed by atoms with Crippen LogP contribution in [0.15, 0.2) is 103 Å². The van der Waals surface area contributed by atoms with E-state index in [0.717, 1.165) is 61.1 Å². The van der Waals surface area contributed by atoms with Gasteiger partial charge in [-0.25, -0.2) is 9.97 Å². The molecule has 7 rings (SSSR count). The maximum atomic E-state index is 10.7. The minimum atomic E-state index is 0. The van der Waals surface area contributed by atoms with Gasteiger partial charge >= 0.3 is 0 Å². The molecule has 0 amide bonds. The largest absolute Gasteiger partial charge is 0.663 e. The van der Waals surface area contributed by atoms with Crippen molar-refractivity contribution >= 4 is 32.8 Å². The third kappa shape index (κ3) is 3.66. The number of para-hydroxylation sites is 3. The molecule has 182 valence electrons. The number of benzene rings is 4. The van der Waals surface area contributed by atoms with Gasteiger partial charge in [0, 0.05) is 44.6 Å². The molecule has 0 radical (unpaired) electrons. The molecule has 7 aromatic rings. The Hall–Kier alpha value is -4.21. The Kier molecular flexibility index (Phi) is 5.66. The summed E-state index contributed by atoms with van der Waals surface area (Å²) in [4.78, 5) is 14.6. The molecule has 0 fully saturated rings. The molecule has 1 N–H and O–H groups in total. The fourth-order valence-electron chi connectivity index (χ4n) is 5.10. The van der Waals surface area contributed by atoms with Crippen LogP contribution in [0.1, 0.15) is 0 Å². The molecule has 0 unspecified atom stereocenters. The van der Waals surface area contributed by atoms with Crippen LogP contribution >= 0.6 is 0 Å². The molecule has 37 heavy (non-hydrogen) atoms. The number of aryl methyl sites for hydroxylation is 1. The quantitative estimate of drug-likeness (QED) is 0.223. The van der Waals surface area contributed by atoms with Crippen molar-refractivity contribution in [2.75, 3.05) is 0 Å². The molecular formula is C31H21N4OPt-. The van der Waals surface area contributed by atoms with E-state index < -0.39 is 0 Å². The van der Waals surface area contributed by atoms with Gasteiger partial charge in [-0.15, -0.1) is 5.52 Å². The molecule has 0 aliphatic rings. The van der Waals surface area contributed by atoms with Crippen molar-refractivity contribution in [3.8, 4) is 39.5 Å². The number of imidazole rings is 1. The molecule has 0 saturated heterocycles. The van der Waals surface area contributed by atoms with E-state index in [1.165, 1.54) is 0 Å². The topological polar surface area (TPSA) is 65.0 Å². The van der Waals surface area contributed by atoms with Gasteiger partial charge in [-0.1, -0.05) is 78.9 Å². The zero-order valence-corrected chi connectivity index (χ0v) is 22.1. The van der Waals surface area contributed by atoms with E-state index in [4.69, 9.17) is 9.97 Å². The van der Waals surface area contributed by atoms with Crippen LogP contribution in [-0.2, 0) is 28.1 Å². The average molecular weight is 661 g/mol. The first-order chi connectivity index (χ1) is 17.7. The normalized spacial score (nSPS) is 11.3. The molecule has 0 saturated carbocycles. The van der Waals surface area contributed by atoms with Crippen molar-refractivity contribution in [2.24, 2.45) is 7.05 Å². The minimum absolute atomic E-state index is 0. The Morgan fingerprint density at radius 3 is 2.38 bits per heavy atom. The number of phenols is 1. The van der Waals surface area contributed by atoms with E-state index in [9.17, 15) is 5.11 Å². The predicted molar refractivity (Wildman–Crippen MR) is 145 cm³/mol. The Labute approximate surface area is 227 Å². The number of phenolic OH excluding ortho intramolecular Hbond substituents is 1. The Balaban J connectivity index is 0.00000252. The zero-order chi connectivity index (χ0) is 24.2. The maximum Gasteiger partial charge on any atom is 0.141 e. The number of aromatic nitrogens is 4. The maximum absolute atomic E-state index is 10.7. The first kappa shape index (κ1) is 23.2. The second kappa shape index (κ2) is 9.02. The van der Waals surface area contributed by atoms with Gasteiger partial charge < -0.3 is 14.7 Å². The summed E-state index contributed by atoms with van der Waals surface area (Å²) < 4.78 is 2.11. The molecule has 6 heteroatoms. The van der Waals surface area contributed by atoms with Crippen molar-refractivity contribution in [3.05, 3.63) is 103 Å². The first-order valence-corrected chi connectivity index (χ1v) is 11.8. The monoisotopic (exact) mass is 660 g/mol. The number of hydrogen-bond donors (Lipinski definition) is 1. The third-order valence-electron chi connectivity index (χ3n) is 6.86. The van der Waals surface area contributed by atoms with Crippen molar-refractivity contribution in [1.82, 2.24) is 19.5 Å². The summed E-state index contributed by atoms with van der Waals surface area (Å²) >= 11 is 0. The smallest absolute Gasteiger partial charge is 0.141 e. The fraction of sp³-hybridized carbons (Fsp3) is 0.0323. The molecular weight excluding hydrogens is 639 g/mol. The van der Waals surface area contributed by atoms with Gasteiger partial charge in [0.2, 0.25) is 0 Å². The van der Waals surface area contributed by atoms with Crippen LogP contribution in [0.4, 0.5) is 0 Å². The minimum Gasteiger partial charge on any atom is -0.663 e. The fourth-order valence-corrected chi connectivity index (χ4v) is 5.10. The van der Waals surface area contributed by atoms with Crippen LogP contribution in [0.25, 0.3) is 66.6 Å². The van der Waals surface area contributed by atoms with Crippen molar-refractivity contribution < 1.29 is 26.2 Å².